The summed E-state index contributed by atoms with van der Waals surface area (Å²) in [7, 11) is 0. The molecule has 9 heteroatoms. The molecule has 8 nitrogen and oxygen atoms in total. The van der Waals surface area contributed by atoms with E-state index in [1.807, 2.05) is 6.92 Å². The Morgan fingerprint density at radius 3 is 2.93 bits per heavy atom. The maximum absolute atomic E-state index is 13.7. The highest BCUT2D eigenvalue weighted by molar-refractivity contribution is 6.02. The topological polar surface area (TPSA) is 98.7 Å². The van der Waals surface area contributed by atoms with Crippen LogP contribution in [0.15, 0.2) is 53.6 Å². The molecular weight excluding hydrogens is 387 g/mol. The van der Waals surface area contributed by atoms with Crippen LogP contribution >= 0.6 is 0 Å². The molecule has 0 radical (unpaired) electrons. The minimum atomic E-state index is -0.461. The minimum absolute atomic E-state index is 0.157. The first-order chi connectivity index (χ1) is 14.5. The van der Waals surface area contributed by atoms with Gasteiger partial charge in [0.15, 0.2) is 11.6 Å². The summed E-state index contributed by atoms with van der Waals surface area (Å²) < 4.78 is 20.7. The van der Waals surface area contributed by atoms with Gasteiger partial charge in [0, 0.05) is 24.5 Å². The number of rotatable bonds is 6. The third kappa shape index (κ3) is 3.95. The van der Waals surface area contributed by atoms with E-state index in [4.69, 9.17) is 4.52 Å². The molecular formula is C21H19FN6O2. The first-order valence-corrected chi connectivity index (χ1v) is 9.45. The van der Waals surface area contributed by atoms with Crippen LogP contribution in [-0.2, 0) is 6.42 Å². The Morgan fingerprint density at radius 2 is 2.13 bits per heavy atom. The second-order valence-corrected chi connectivity index (χ2v) is 6.72. The van der Waals surface area contributed by atoms with E-state index in [0.717, 1.165) is 6.42 Å². The molecule has 0 atom stereocenters. The number of hydrogen-bond acceptors (Lipinski definition) is 6. The summed E-state index contributed by atoms with van der Waals surface area (Å²) in [5, 5.41) is 6.62. The van der Waals surface area contributed by atoms with Crippen molar-refractivity contribution in [3.05, 3.63) is 72.0 Å². The van der Waals surface area contributed by atoms with Gasteiger partial charge in [-0.25, -0.2) is 14.4 Å². The fourth-order valence-electron chi connectivity index (χ4n) is 2.88. The van der Waals surface area contributed by atoms with E-state index in [1.165, 1.54) is 18.6 Å². The normalized spacial score (nSPS) is 10.9. The number of aryl methyl sites for hydroxylation is 2. The third-order valence-corrected chi connectivity index (χ3v) is 4.45. The Kier molecular flexibility index (Phi) is 5.34. The Bertz CT molecular complexity index is 1200. The van der Waals surface area contributed by atoms with Crippen molar-refractivity contribution in [2.75, 3.05) is 5.32 Å². The molecule has 3 aromatic heterocycles. The van der Waals surface area contributed by atoms with Gasteiger partial charge < -0.3 is 9.84 Å². The van der Waals surface area contributed by atoms with Gasteiger partial charge in [-0.05, 0) is 43.2 Å². The standard InChI is InChI=1S/C21H19FN6O2/c1-3-5-18-26-21(30-27-18)15-6-4-9-23-19(15)28-11-17(24-12-28)20(29)25-14-8-7-13(2)16(22)10-14/h4,6-12H,3,5H2,1-2H3,(H,25,29). The molecule has 0 saturated heterocycles. The van der Waals surface area contributed by atoms with Gasteiger partial charge in [-0.2, -0.15) is 4.98 Å². The second-order valence-electron chi connectivity index (χ2n) is 6.72. The molecule has 4 rings (SSSR count). The molecule has 0 aliphatic rings. The van der Waals surface area contributed by atoms with Crippen molar-refractivity contribution in [3.8, 4) is 17.3 Å². The predicted octanol–water partition coefficient (Wildman–Crippen LogP) is 3.97. The smallest absolute Gasteiger partial charge is 0.275 e. The first-order valence-electron chi connectivity index (χ1n) is 9.45. The lowest BCUT2D eigenvalue weighted by molar-refractivity contribution is 0.102. The molecule has 0 unspecified atom stereocenters. The highest BCUT2D eigenvalue weighted by Crippen LogP contribution is 2.24. The summed E-state index contributed by atoms with van der Waals surface area (Å²) in [4.78, 5) is 25.4. The number of pyridine rings is 1. The zero-order valence-electron chi connectivity index (χ0n) is 16.5. The van der Waals surface area contributed by atoms with Crippen molar-refractivity contribution in [2.45, 2.75) is 26.7 Å². The average Bonchev–Trinajstić information content (AvgIpc) is 3.41. The van der Waals surface area contributed by atoms with E-state index >= 15 is 0 Å². The fraction of sp³-hybridized carbons (Fsp3) is 0.190. The summed E-state index contributed by atoms with van der Waals surface area (Å²) in [6.45, 7) is 3.69. The van der Waals surface area contributed by atoms with Gasteiger partial charge in [-0.1, -0.05) is 18.1 Å². The maximum atomic E-state index is 13.7. The SMILES string of the molecule is CCCc1noc(-c2cccnc2-n2cnc(C(=O)Nc3ccc(C)c(F)c3)c2)n1. The molecule has 1 aromatic carbocycles. The van der Waals surface area contributed by atoms with Gasteiger partial charge in [0.25, 0.3) is 11.8 Å². The van der Waals surface area contributed by atoms with Gasteiger partial charge in [0.05, 0.1) is 5.56 Å². The quantitative estimate of drug-likeness (QED) is 0.520. The van der Waals surface area contributed by atoms with E-state index in [0.29, 0.717) is 40.8 Å². The number of nitrogens with one attached hydrogen (secondary N) is 1. The van der Waals surface area contributed by atoms with E-state index in [9.17, 15) is 9.18 Å². The third-order valence-electron chi connectivity index (χ3n) is 4.45. The largest absolute Gasteiger partial charge is 0.334 e. The second kappa shape index (κ2) is 8.24. The molecule has 0 saturated carbocycles. The molecule has 152 valence electrons. The van der Waals surface area contributed by atoms with Crippen molar-refractivity contribution in [3.63, 3.8) is 0 Å². The zero-order chi connectivity index (χ0) is 21.1. The lowest BCUT2D eigenvalue weighted by Gasteiger charge is -2.05. The van der Waals surface area contributed by atoms with Crippen LogP contribution in [-0.4, -0.2) is 30.6 Å². The van der Waals surface area contributed by atoms with E-state index in [1.54, 1.807) is 42.0 Å². The minimum Gasteiger partial charge on any atom is -0.334 e. The predicted molar refractivity (Wildman–Crippen MR) is 108 cm³/mol. The molecule has 0 spiro atoms. The molecule has 1 N–H and O–H groups in total. The number of aromatic nitrogens is 5. The van der Waals surface area contributed by atoms with Crippen LogP contribution in [0.5, 0.6) is 0 Å². The fourth-order valence-corrected chi connectivity index (χ4v) is 2.88. The zero-order valence-corrected chi connectivity index (χ0v) is 16.5. The van der Waals surface area contributed by atoms with Gasteiger partial charge in [0.2, 0.25) is 0 Å². The monoisotopic (exact) mass is 406 g/mol. The lowest BCUT2D eigenvalue weighted by atomic mass is 10.2. The Balaban J connectivity index is 1.59. The molecule has 0 fully saturated rings. The number of carbonyl (C=O) groups is 1. The molecule has 3 heterocycles. The number of anilines is 1. The number of halogens is 1. The van der Waals surface area contributed by atoms with Crippen molar-refractivity contribution < 1.29 is 13.7 Å². The maximum Gasteiger partial charge on any atom is 0.275 e. The van der Waals surface area contributed by atoms with Crippen molar-refractivity contribution in [2.24, 2.45) is 0 Å². The number of hydrogen-bond donors (Lipinski definition) is 1. The summed E-state index contributed by atoms with van der Waals surface area (Å²) >= 11 is 0. The summed E-state index contributed by atoms with van der Waals surface area (Å²) in [6.07, 6.45) is 6.25. The van der Waals surface area contributed by atoms with Gasteiger partial charge in [-0.3, -0.25) is 9.36 Å². The highest BCUT2D eigenvalue weighted by Gasteiger charge is 2.17. The van der Waals surface area contributed by atoms with E-state index in [-0.39, 0.29) is 5.69 Å². The van der Waals surface area contributed by atoms with Crippen molar-refractivity contribution >= 4 is 11.6 Å². The highest BCUT2D eigenvalue weighted by atomic mass is 19.1. The summed E-state index contributed by atoms with van der Waals surface area (Å²) in [5.74, 6) is 0.614. The van der Waals surface area contributed by atoms with Gasteiger partial charge >= 0.3 is 0 Å². The molecule has 4 aromatic rings. The molecule has 0 aliphatic carbocycles. The van der Waals surface area contributed by atoms with Gasteiger partial charge in [0.1, 0.15) is 17.8 Å². The number of carbonyl (C=O) groups excluding carboxylic acids is 1. The molecule has 30 heavy (non-hydrogen) atoms. The Labute approximate surface area is 171 Å². The van der Waals surface area contributed by atoms with Crippen molar-refractivity contribution in [1.82, 2.24) is 24.7 Å². The molecule has 0 aliphatic heterocycles. The van der Waals surface area contributed by atoms with E-state index in [2.05, 4.69) is 25.4 Å². The van der Waals surface area contributed by atoms with Crippen LogP contribution in [0, 0.1) is 12.7 Å². The van der Waals surface area contributed by atoms with Crippen molar-refractivity contribution in [1.29, 1.82) is 0 Å². The lowest BCUT2D eigenvalue weighted by Crippen LogP contribution is -2.12. The summed E-state index contributed by atoms with van der Waals surface area (Å²) in [5.41, 5.74) is 1.63. The number of imidazole rings is 1. The van der Waals surface area contributed by atoms with Crippen LogP contribution in [0.3, 0.4) is 0 Å². The average molecular weight is 406 g/mol. The first kappa shape index (κ1) is 19.4. The van der Waals surface area contributed by atoms with E-state index < -0.39 is 11.7 Å². The van der Waals surface area contributed by atoms with Gasteiger partial charge in [-0.15, -0.1) is 0 Å². The Hall–Kier alpha value is -3.88. The number of benzene rings is 1. The molecule has 1 amide bonds. The van der Waals surface area contributed by atoms with Crippen LogP contribution in [0.25, 0.3) is 17.3 Å². The molecule has 0 bridgehead atoms. The van der Waals surface area contributed by atoms with Crippen LogP contribution in [0.4, 0.5) is 10.1 Å². The number of nitrogens with zero attached hydrogens (tertiary/aromatic N) is 5. The number of amides is 1. The summed E-state index contributed by atoms with van der Waals surface area (Å²) in [6, 6.07) is 8.07. The van der Waals surface area contributed by atoms with Crippen LogP contribution in [0.1, 0.15) is 35.2 Å². The van der Waals surface area contributed by atoms with Crippen LogP contribution in [0.2, 0.25) is 0 Å². The van der Waals surface area contributed by atoms with Crippen LogP contribution < -0.4 is 5.32 Å². The Morgan fingerprint density at radius 1 is 1.27 bits per heavy atom.